The van der Waals surface area contributed by atoms with Crippen LogP contribution >= 0.6 is 0 Å². The van der Waals surface area contributed by atoms with Gasteiger partial charge >= 0.3 is 0 Å². The molecule has 4 nitrogen and oxygen atoms in total. The lowest BCUT2D eigenvalue weighted by atomic mass is 9.89. The lowest BCUT2D eigenvalue weighted by Gasteiger charge is -2.42. The Morgan fingerprint density at radius 1 is 0.852 bits per heavy atom. The summed E-state index contributed by atoms with van der Waals surface area (Å²) < 4.78 is 0. The number of aromatic nitrogens is 1. The summed E-state index contributed by atoms with van der Waals surface area (Å²) in [7, 11) is 0. The molecule has 2 aromatic rings. The van der Waals surface area contributed by atoms with E-state index in [0.717, 1.165) is 24.9 Å². The third kappa shape index (κ3) is 5.08. The fourth-order valence-electron chi connectivity index (χ4n) is 4.71. The monoisotopic (exact) mass is 365 g/mol. The summed E-state index contributed by atoms with van der Waals surface area (Å²) >= 11 is 0. The standard InChI is InChI=1S/C23H31N3O/c27-23-7-6-21(17-24-23)16-19-8-14-26(15-9-19)22-10-12-25(13-11-22)18-20-4-2-1-3-5-20/h1-7,17,19,22H,8-16,18H2,(H,24,27). The maximum absolute atomic E-state index is 11.2. The highest BCUT2D eigenvalue weighted by molar-refractivity contribution is 5.14. The Kier molecular flexibility index (Phi) is 6.05. The molecule has 0 spiro atoms. The lowest BCUT2D eigenvalue weighted by Crippen LogP contribution is -2.47. The molecule has 0 amide bonds. The highest BCUT2D eigenvalue weighted by Crippen LogP contribution is 2.26. The lowest BCUT2D eigenvalue weighted by molar-refractivity contribution is 0.0753. The van der Waals surface area contributed by atoms with Crippen molar-refractivity contribution in [3.8, 4) is 0 Å². The minimum absolute atomic E-state index is 0.00724. The second kappa shape index (κ2) is 8.85. The van der Waals surface area contributed by atoms with E-state index in [4.69, 9.17) is 0 Å². The number of pyridine rings is 1. The van der Waals surface area contributed by atoms with Crippen LogP contribution < -0.4 is 5.56 Å². The van der Waals surface area contributed by atoms with Gasteiger partial charge in [-0.2, -0.15) is 0 Å². The van der Waals surface area contributed by atoms with Gasteiger partial charge in [-0.1, -0.05) is 36.4 Å². The largest absolute Gasteiger partial charge is 0.329 e. The first-order chi connectivity index (χ1) is 13.3. The Labute approximate surface area is 162 Å². The maximum atomic E-state index is 11.2. The molecule has 0 atom stereocenters. The van der Waals surface area contributed by atoms with Crippen molar-refractivity contribution in [2.75, 3.05) is 26.2 Å². The van der Waals surface area contributed by atoms with E-state index in [2.05, 4.69) is 45.1 Å². The van der Waals surface area contributed by atoms with Crippen LogP contribution in [0.1, 0.15) is 36.8 Å². The van der Waals surface area contributed by atoms with E-state index in [1.807, 2.05) is 12.3 Å². The second-order valence-corrected chi connectivity index (χ2v) is 8.24. The number of H-pyrrole nitrogens is 1. The molecule has 1 aromatic carbocycles. The average molecular weight is 366 g/mol. The molecule has 144 valence electrons. The van der Waals surface area contributed by atoms with Crippen molar-refractivity contribution in [1.29, 1.82) is 0 Å². The number of nitrogens with zero attached hydrogens (tertiary/aromatic N) is 2. The highest BCUT2D eigenvalue weighted by atomic mass is 16.1. The zero-order valence-corrected chi connectivity index (χ0v) is 16.1. The van der Waals surface area contributed by atoms with Crippen LogP contribution in [0.15, 0.2) is 53.5 Å². The predicted octanol–water partition coefficient (Wildman–Crippen LogP) is 3.29. The number of hydrogen-bond donors (Lipinski definition) is 1. The first kappa shape index (κ1) is 18.5. The number of likely N-dealkylation sites (tertiary alicyclic amines) is 2. The minimum Gasteiger partial charge on any atom is -0.329 e. The first-order valence-electron chi connectivity index (χ1n) is 10.4. The smallest absolute Gasteiger partial charge is 0.247 e. The van der Waals surface area contributed by atoms with Gasteiger partial charge in [0.1, 0.15) is 0 Å². The molecule has 1 aromatic heterocycles. The molecule has 4 rings (SSSR count). The molecule has 0 unspecified atom stereocenters. The third-order valence-electron chi connectivity index (χ3n) is 6.34. The van der Waals surface area contributed by atoms with E-state index < -0.39 is 0 Å². The fraction of sp³-hybridized carbons (Fsp3) is 0.522. The van der Waals surface area contributed by atoms with Gasteiger partial charge in [0.15, 0.2) is 0 Å². The number of hydrogen-bond acceptors (Lipinski definition) is 3. The van der Waals surface area contributed by atoms with Gasteiger partial charge < -0.3 is 9.88 Å². The number of rotatable bonds is 5. The van der Waals surface area contributed by atoms with Crippen molar-refractivity contribution in [1.82, 2.24) is 14.8 Å². The molecule has 0 aliphatic carbocycles. The van der Waals surface area contributed by atoms with Crippen LogP contribution in [0.5, 0.6) is 0 Å². The topological polar surface area (TPSA) is 39.3 Å². The van der Waals surface area contributed by atoms with Gasteiger partial charge in [-0.3, -0.25) is 9.69 Å². The molecule has 3 heterocycles. The Hall–Kier alpha value is -1.91. The summed E-state index contributed by atoms with van der Waals surface area (Å²) in [5.41, 5.74) is 2.69. The van der Waals surface area contributed by atoms with Gasteiger partial charge in [-0.25, -0.2) is 0 Å². The van der Waals surface area contributed by atoms with Gasteiger partial charge in [0.2, 0.25) is 5.56 Å². The molecule has 27 heavy (non-hydrogen) atoms. The van der Waals surface area contributed by atoms with Crippen LogP contribution in [0.2, 0.25) is 0 Å². The predicted molar refractivity (Wildman–Crippen MR) is 110 cm³/mol. The van der Waals surface area contributed by atoms with E-state index in [-0.39, 0.29) is 5.56 Å². The van der Waals surface area contributed by atoms with E-state index >= 15 is 0 Å². The Balaban J connectivity index is 1.20. The zero-order chi connectivity index (χ0) is 18.5. The Morgan fingerprint density at radius 3 is 2.26 bits per heavy atom. The molecule has 2 aliphatic heterocycles. The van der Waals surface area contributed by atoms with Gasteiger partial charge in [0.25, 0.3) is 0 Å². The van der Waals surface area contributed by atoms with Crippen LogP contribution in [0.3, 0.4) is 0 Å². The molecule has 1 N–H and O–H groups in total. The van der Waals surface area contributed by atoms with Crippen molar-refractivity contribution in [2.45, 2.75) is 44.7 Å². The van der Waals surface area contributed by atoms with Crippen LogP contribution in [-0.4, -0.2) is 47.0 Å². The summed E-state index contributed by atoms with van der Waals surface area (Å²) in [5, 5.41) is 0. The Morgan fingerprint density at radius 2 is 1.59 bits per heavy atom. The van der Waals surface area contributed by atoms with Gasteiger partial charge in [-0.15, -0.1) is 0 Å². The molecule has 2 fully saturated rings. The molecule has 0 radical (unpaired) electrons. The first-order valence-corrected chi connectivity index (χ1v) is 10.4. The summed E-state index contributed by atoms with van der Waals surface area (Å²) in [6, 6.07) is 15.2. The summed E-state index contributed by atoms with van der Waals surface area (Å²) in [6.07, 6.45) is 8.15. The number of piperidine rings is 2. The molecule has 0 bridgehead atoms. The van der Waals surface area contributed by atoms with E-state index in [9.17, 15) is 4.79 Å². The van der Waals surface area contributed by atoms with Crippen molar-refractivity contribution in [3.05, 3.63) is 70.1 Å². The fourth-order valence-corrected chi connectivity index (χ4v) is 4.71. The van der Waals surface area contributed by atoms with E-state index in [1.54, 1.807) is 6.07 Å². The van der Waals surface area contributed by atoms with Crippen molar-refractivity contribution < 1.29 is 0 Å². The van der Waals surface area contributed by atoms with Crippen LogP contribution in [0.25, 0.3) is 0 Å². The van der Waals surface area contributed by atoms with Gasteiger partial charge in [0.05, 0.1) is 0 Å². The van der Waals surface area contributed by atoms with Crippen LogP contribution in [0.4, 0.5) is 0 Å². The quantitative estimate of drug-likeness (QED) is 0.884. The van der Waals surface area contributed by atoms with Crippen LogP contribution in [0, 0.1) is 5.92 Å². The minimum atomic E-state index is -0.00724. The van der Waals surface area contributed by atoms with Crippen molar-refractivity contribution in [2.24, 2.45) is 5.92 Å². The van der Waals surface area contributed by atoms with Crippen molar-refractivity contribution >= 4 is 0 Å². The molecular formula is C23H31N3O. The summed E-state index contributed by atoms with van der Waals surface area (Å²) in [5.74, 6) is 0.755. The highest BCUT2D eigenvalue weighted by Gasteiger charge is 2.28. The normalized spacial score (nSPS) is 20.7. The molecule has 0 saturated carbocycles. The molecular weight excluding hydrogens is 334 g/mol. The maximum Gasteiger partial charge on any atom is 0.247 e. The molecule has 2 aliphatic rings. The van der Waals surface area contributed by atoms with Crippen molar-refractivity contribution in [3.63, 3.8) is 0 Å². The van der Waals surface area contributed by atoms with Gasteiger partial charge in [0, 0.05) is 24.8 Å². The second-order valence-electron chi connectivity index (χ2n) is 8.24. The van der Waals surface area contributed by atoms with E-state index in [1.165, 1.54) is 63.0 Å². The summed E-state index contributed by atoms with van der Waals surface area (Å²) in [4.78, 5) is 19.3. The number of aromatic amines is 1. The number of nitrogens with one attached hydrogen (secondary N) is 1. The zero-order valence-electron chi connectivity index (χ0n) is 16.1. The van der Waals surface area contributed by atoms with Crippen LogP contribution in [-0.2, 0) is 13.0 Å². The molecule has 2 saturated heterocycles. The number of benzene rings is 1. The van der Waals surface area contributed by atoms with Gasteiger partial charge in [-0.05, 0) is 75.3 Å². The van der Waals surface area contributed by atoms with E-state index in [0.29, 0.717) is 0 Å². The summed E-state index contributed by atoms with van der Waals surface area (Å²) in [6.45, 7) is 6.00. The third-order valence-corrected chi connectivity index (χ3v) is 6.34. The Bertz CT molecular complexity index is 736. The average Bonchev–Trinajstić information content (AvgIpc) is 2.72. The SMILES string of the molecule is O=c1ccc(CC2CCN(C3CCN(Cc4ccccc4)CC3)CC2)c[nH]1. The molecule has 4 heteroatoms.